The Kier molecular flexibility index (Phi) is 4.92. The molecule has 0 atom stereocenters. The summed E-state index contributed by atoms with van der Waals surface area (Å²) in [6.07, 6.45) is 1.82. The highest BCUT2D eigenvalue weighted by molar-refractivity contribution is 5.84. The van der Waals surface area contributed by atoms with E-state index in [-0.39, 0.29) is 0 Å². The molecule has 11 heavy (non-hydrogen) atoms. The van der Waals surface area contributed by atoms with Crippen LogP contribution < -0.4 is 0 Å². The van der Waals surface area contributed by atoms with Gasteiger partial charge in [-0.15, -0.1) is 0 Å². The van der Waals surface area contributed by atoms with Crippen LogP contribution in [-0.2, 0) is 0 Å². The Morgan fingerprint density at radius 1 is 1.09 bits per heavy atom. The maximum Gasteiger partial charge on any atom is 0.0575 e. The fourth-order valence-corrected chi connectivity index (χ4v) is 1.11. The topological polar surface area (TPSA) is 32.6 Å². The monoisotopic (exact) mass is 157 g/mol. The summed E-state index contributed by atoms with van der Waals surface area (Å²) in [6.45, 7) is 8.52. The van der Waals surface area contributed by atoms with Crippen molar-refractivity contribution in [3.63, 3.8) is 0 Å². The molecular weight excluding hydrogens is 138 g/mol. The van der Waals surface area contributed by atoms with Crippen LogP contribution in [0.2, 0.25) is 0 Å². The molecule has 0 rings (SSSR count). The molecule has 0 aliphatic carbocycles. The molecule has 0 saturated carbocycles. The molecule has 1 N–H and O–H groups in total. The average Bonchev–Trinajstić information content (AvgIpc) is 1.84. The van der Waals surface area contributed by atoms with Crippen molar-refractivity contribution in [3.8, 4) is 0 Å². The van der Waals surface area contributed by atoms with Gasteiger partial charge in [0.1, 0.15) is 0 Å². The van der Waals surface area contributed by atoms with Crippen molar-refractivity contribution in [2.45, 2.75) is 40.5 Å². The molecule has 0 aromatic heterocycles. The van der Waals surface area contributed by atoms with Gasteiger partial charge >= 0.3 is 0 Å². The summed E-state index contributed by atoms with van der Waals surface area (Å²) in [5, 5.41) is 11.9. The van der Waals surface area contributed by atoms with Gasteiger partial charge in [-0.25, -0.2) is 0 Å². The van der Waals surface area contributed by atoms with Crippen molar-refractivity contribution in [1.29, 1.82) is 0 Å². The highest BCUT2D eigenvalue weighted by atomic mass is 16.4. The lowest BCUT2D eigenvalue weighted by molar-refractivity contribution is 0.314. The van der Waals surface area contributed by atoms with Gasteiger partial charge in [-0.1, -0.05) is 32.9 Å². The Labute approximate surface area is 69.3 Å². The molecule has 0 unspecified atom stereocenters. The van der Waals surface area contributed by atoms with Crippen LogP contribution in [0.5, 0.6) is 0 Å². The largest absolute Gasteiger partial charge is 0.411 e. The van der Waals surface area contributed by atoms with Gasteiger partial charge in [0.2, 0.25) is 0 Å². The number of rotatable bonds is 4. The van der Waals surface area contributed by atoms with Crippen molar-refractivity contribution in [1.82, 2.24) is 0 Å². The fourth-order valence-electron chi connectivity index (χ4n) is 1.11. The summed E-state index contributed by atoms with van der Waals surface area (Å²) < 4.78 is 0. The van der Waals surface area contributed by atoms with Crippen LogP contribution >= 0.6 is 0 Å². The van der Waals surface area contributed by atoms with Gasteiger partial charge in [0.15, 0.2) is 0 Å². The van der Waals surface area contributed by atoms with Crippen molar-refractivity contribution >= 4 is 5.71 Å². The molecular formula is C9H19NO. The third kappa shape index (κ3) is 5.89. The Bertz CT molecular complexity index is 116. The Morgan fingerprint density at radius 2 is 1.45 bits per heavy atom. The first kappa shape index (κ1) is 10.5. The highest BCUT2D eigenvalue weighted by Gasteiger charge is 2.05. The number of hydrogen-bond acceptors (Lipinski definition) is 2. The van der Waals surface area contributed by atoms with E-state index in [1.807, 2.05) is 0 Å². The molecule has 0 aliphatic heterocycles. The fraction of sp³-hybridized carbons (Fsp3) is 0.889. The van der Waals surface area contributed by atoms with Crippen LogP contribution in [0.25, 0.3) is 0 Å². The lowest BCUT2D eigenvalue weighted by Gasteiger charge is -2.08. The Balaban J connectivity index is 3.79. The highest BCUT2D eigenvalue weighted by Crippen LogP contribution is 2.09. The van der Waals surface area contributed by atoms with Gasteiger partial charge in [0.25, 0.3) is 0 Å². The zero-order valence-electron chi connectivity index (χ0n) is 7.96. The molecule has 0 saturated heterocycles. The summed E-state index contributed by atoms with van der Waals surface area (Å²) in [5.74, 6) is 1.17. The van der Waals surface area contributed by atoms with Crippen LogP contribution in [0.4, 0.5) is 0 Å². The van der Waals surface area contributed by atoms with E-state index in [2.05, 4.69) is 32.9 Å². The van der Waals surface area contributed by atoms with Crippen LogP contribution in [0.3, 0.4) is 0 Å². The molecule has 2 nitrogen and oxygen atoms in total. The summed E-state index contributed by atoms with van der Waals surface area (Å²) in [4.78, 5) is 0. The first-order valence-corrected chi connectivity index (χ1v) is 4.26. The maximum absolute atomic E-state index is 8.61. The lowest BCUT2D eigenvalue weighted by Crippen LogP contribution is -2.06. The summed E-state index contributed by atoms with van der Waals surface area (Å²) in [7, 11) is 0. The van der Waals surface area contributed by atoms with Gasteiger partial charge in [-0.05, 0) is 24.7 Å². The molecule has 0 radical (unpaired) electrons. The van der Waals surface area contributed by atoms with Gasteiger partial charge < -0.3 is 5.21 Å². The third-order valence-electron chi connectivity index (χ3n) is 1.43. The van der Waals surface area contributed by atoms with Gasteiger partial charge in [-0.3, -0.25) is 0 Å². The molecule has 66 valence electrons. The standard InChI is InChI=1S/C9H19NO/c1-7(2)5-9(10-11)6-8(3)4/h7-8,11H,5-6H2,1-4H3. The van der Waals surface area contributed by atoms with Crippen molar-refractivity contribution in [3.05, 3.63) is 0 Å². The molecule has 0 aromatic carbocycles. The summed E-state index contributed by atoms with van der Waals surface area (Å²) >= 11 is 0. The van der Waals surface area contributed by atoms with E-state index in [4.69, 9.17) is 5.21 Å². The minimum atomic E-state index is 0.583. The molecule has 2 heteroatoms. The summed E-state index contributed by atoms with van der Waals surface area (Å²) in [6, 6.07) is 0. The SMILES string of the molecule is CC(C)CC(CC(C)C)=NO. The predicted octanol–water partition coefficient (Wildman–Crippen LogP) is 2.91. The zero-order valence-corrected chi connectivity index (χ0v) is 7.96. The van der Waals surface area contributed by atoms with E-state index in [1.165, 1.54) is 0 Å². The van der Waals surface area contributed by atoms with E-state index in [9.17, 15) is 0 Å². The quantitative estimate of drug-likeness (QED) is 0.380. The first-order chi connectivity index (χ1) is 5.06. The second-order valence-corrected chi connectivity index (χ2v) is 3.86. The van der Waals surface area contributed by atoms with Crippen LogP contribution in [0, 0.1) is 11.8 Å². The molecule has 0 aliphatic rings. The molecule has 0 bridgehead atoms. The maximum atomic E-state index is 8.61. The van der Waals surface area contributed by atoms with E-state index >= 15 is 0 Å². The Hall–Kier alpha value is -0.530. The van der Waals surface area contributed by atoms with Crippen LogP contribution in [0.15, 0.2) is 5.16 Å². The smallest absolute Gasteiger partial charge is 0.0575 e. The molecule has 0 fully saturated rings. The number of oxime groups is 1. The lowest BCUT2D eigenvalue weighted by atomic mass is 9.99. The van der Waals surface area contributed by atoms with Crippen LogP contribution in [0.1, 0.15) is 40.5 Å². The normalized spacial score (nSPS) is 10.7. The van der Waals surface area contributed by atoms with Crippen molar-refractivity contribution < 1.29 is 5.21 Å². The van der Waals surface area contributed by atoms with Gasteiger partial charge in [-0.2, -0.15) is 0 Å². The predicted molar refractivity (Wildman–Crippen MR) is 48.1 cm³/mol. The van der Waals surface area contributed by atoms with E-state index in [0.717, 1.165) is 18.6 Å². The second kappa shape index (κ2) is 5.16. The van der Waals surface area contributed by atoms with Gasteiger partial charge in [0.05, 0.1) is 5.71 Å². The Morgan fingerprint density at radius 3 is 1.64 bits per heavy atom. The van der Waals surface area contributed by atoms with E-state index in [0.29, 0.717) is 11.8 Å². The molecule has 0 amide bonds. The van der Waals surface area contributed by atoms with Crippen molar-refractivity contribution in [2.24, 2.45) is 17.0 Å². The van der Waals surface area contributed by atoms with E-state index in [1.54, 1.807) is 0 Å². The number of hydrogen-bond donors (Lipinski definition) is 1. The van der Waals surface area contributed by atoms with Crippen molar-refractivity contribution in [2.75, 3.05) is 0 Å². The zero-order chi connectivity index (χ0) is 8.85. The average molecular weight is 157 g/mol. The minimum Gasteiger partial charge on any atom is -0.411 e. The third-order valence-corrected chi connectivity index (χ3v) is 1.43. The first-order valence-electron chi connectivity index (χ1n) is 4.26. The van der Waals surface area contributed by atoms with Gasteiger partial charge in [0, 0.05) is 0 Å². The van der Waals surface area contributed by atoms with Crippen LogP contribution in [-0.4, -0.2) is 10.9 Å². The molecule has 0 spiro atoms. The second-order valence-electron chi connectivity index (χ2n) is 3.86. The van der Waals surface area contributed by atoms with E-state index < -0.39 is 0 Å². The minimum absolute atomic E-state index is 0.583. The molecule has 0 heterocycles. The number of nitrogens with zero attached hydrogens (tertiary/aromatic N) is 1. The summed E-state index contributed by atoms with van der Waals surface area (Å²) in [5.41, 5.74) is 0.926. The molecule has 0 aromatic rings.